The maximum absolute atomic E-state index is 11.8. The molecule has 2 N–H and O–H groups in total. The Hall–Kier alpha value is -2.29. The number of halogens is 1. The minimum atomic E-state index is 0. The molecular formula is C26H36IN5O. The van der Waals surface area contributed by atoms with Crippen LogP contribution >= 0.6 is 24.0 Å². The third-order valence-corrected chi connectivity index (χ3v) is 6.45. The van der Waals surface area contributed by atoms with Crippen LogP contribution in [-0.4, -0.2) is 43.4 Å². The predicted octanol–water partition coefficient (Wildman–Crippen LogP) is 4.45. The third-order valence-electron chi connectivity index (χ3n) is 6.45. The van der Waals surface area contributed by atoms with Crippen LogP contribution in [0.1, 0.15) is 55.3 Å². The summed E-state index contributed by atoms with van der Waals surface area (Å²) in [5.41, 5.74) is 4.94. The lowest BCUT2D eigenvalue weighted by Gasteiger charge is -2.22. The molecule has 0 aliphatic carbocycles. The van der Waals surface area contributed by atoms with Crippen molar-refractivity contribution >= 4 is 41.5 Å². The number of amides is 1. The maximum atomic E-state index is 11.8. The van der Waals surface area contributed by atoms with Gasteiger partial charge in [0.15, 0.2) is 5.96 Å². The van der Waals surface area contributed by atoms with E-state index in [1.54, 1.807) is 7.05 Å². The number of nitrogens with one attached hydrogen (secondary N) is 2. The fourth-order valence-electron chi connectivity index (χ4n) is 4.49. The predicted molar refractivity (Wildman–Crippen MR) is 146 cm³/mol. The van der Waals surface area contributed by atoms with Gasteiger partial charge in [-0.15, -0.1) is 24.0 Å². The number of hydrogen-bond donors (Lipinski definition) is 2. The zero-order valence-corrected chi connectivity index (χ0v) is 22.0. The number of carbonyl (C=O) groups is 1. The second-order valence-corrected chi connectivity index (χ2v) is 8.82. The van der Waals surface area contributed by atoms with Gasteiger partial charge in [0.2, 0.25) is 5.91 Å². The van der Waals surface area contributed by atoms with Gasteiger partial charge in [-0.2, -0.15) is 0 Å². The van der Waals surface area contributed by atoms with Crippen molar-refractivity contribution in [3.05, 3.63) is 65.2 Å². The molecule has 2 aliphatic rings. The number of anilines is 1. The monoisotopic (exact) mass is 561 g/mol. The molecule has 2 aromatic rings. The Morgan fingerprint density at radius 3 is 2.42 bits per heavy atom. The first-order valence-electron chi connectivity index (χ1n) is 11.8. The molecular weight excluding hydrogens is 525 g/mol. The summed E-state index contributed by atoms with van der Waals surface area (Å²) in [4.78, 5) is 20.6. The summed E-state index contributed by atoms with van der Waals surface area (Å²) in [5.74, 6) is 1.06. The SMILES string of the molecule is CN=C(NCc1ccc(CN2CCCC2=O)cc1)NC(C)c1cccc(N2CCCC2)c1.I. The molecule has 178 valence electrons. The van der Waals surface area contributed by atoms with Gasteiger partial charge in [-0.05, 0) is 55.0 Å². The summed E-state index contributed by atoms with van der Waals surface area (Å²) in [5, 5.41) is 6.93. The summed E-state index contributed by atoms with van der Waals surface area (Å²) < 4.78 is 0. The quantitative estimate of drug-likeness (QED) is 0.298. The number of guanidine groups is 1. The summed E-state index contributed by atoms with van der Waals surface area (Å²) in [6.07, 6.45) is 4.24. The van der Waals surface area contributed by atoms with E-state index in [4.69, 9.17) is 0 Å². The Balaban J connectivity index is 0.00000306. The maximum Gasteiger partial charge on any atom is 0.222 e. The number of aliphatic imine (C=N–C) groups is 1. The van der Waals surface area contributed by atoms with Crippen LogP contribution in [0, 0.1) is 0 Å². The molecule has 1 unspecified atom stereocenters. The normalized spacial score (nSPS) is 17.2. The Morgan fingerprint density at radius 1 is 1.03 bits per heavy atom. The lowest BCUT2D eigenvalue weighted by atomic mass is 10.1. The highest BCUT2D eigenvalue weighted by Gasteiger charge is 2.20. The number of benzene rings is 2. The van der Waals surface area contributed by atoms with Crippen molar-refractivity contribution in [3.63, 3.8) is 0 Å². The average molecular weight is 562 g/mol. The first-order chi connectivity index (χ1) is 15.6. The molecule has 0 spiro atoms. The van der Waals surface area contributed by atoms with E-state index in [-0.39, 0.29) is 35.9 Å². The van der Waals surface area contributed by atoms with Crippen LogP contribution in [0.3, 0.4) is 0 Å². The Morgan fingerprint density at radius 2 is 1.76 bits per heavy atom. The molecule has 0 bridgehead atoms. The van der Waals surface area contributed by atoms with E-state index in [1.165, 1.54) is 35.2 Å². The summed E-state index contributed by atoms with van der Waals surface area (Å²) in [7, 11) is 1.80. The van der Waals surface area contributed by atoms with E-state index in [2.05, 4.69) is 76.0 Å². The van der Waals surface area contributed by atoms with Crippen molar-refractivity contribution in [2.75, 3.05) is 31.6 Å². The largest absolute Gasteiger partial charge is 0.372 e. The van der Waals surface area contributed by atoms with E-state index >= 15 is 0 Å². The van der Waals surface area contributed by atoms with Crippen LogP contribution in [-0.2, 0) is 17.9 Å². The van der Waals surface area contributed by atoms with Crippen molar-refractivity contribution in [2.45, 2.75) is 51.7 Å². The van der Waals surface area contributed by atoms with E-state index in [9.17, 15) is 4.79 Å². The van der Waals surface area contributed by atoms with Crippen LogP contribution in [0.4, 0.5) is 5.69 Å². The first-order valence-corrected chi connectivity index (χ1v) is 11.8. The summed E-state index contributed by atoms with van der Waals surface area (Å²) in [6.45, 7) is 6.77. The highest BCUT2D eigenvalue weighted by molar-refractivity contribution is 14.0. The van der Waals surface area contributed by atoms with E-state index in [0.717, 1.165) is 32.0 Å². The van der Waals surface area contributed by atoms with Crippen LogP contribution < -0.4 is 15.5 Å². The van der Waals surface area contributed by atoms with Gasteiger partial charge in [0.05, 0.1) is 6.04 Å². The van der Waals surface area contributed by atoms with Crippen LogP contribution in [0.5, 0.6) is 0 Å². The van der Waals surface area contributed by atoms with Gasteiger partial charge in [-0.3, -0.25) is 9.79 Å². The fourth-order valence-corrected chi connectivity index (χ4v) is 4.49. The van der Waals surface area contributed by atoms with E-state index < -0.39 is 0 Å². The second kappa shape index (κ2) is 12.3. The zero-order valence-electron chi connectivity index (χ0n) is 19.7. The van der Waals surface area contributed by atoms with Crippen molar-refractivity contribution in [2.24, 2.45) is 4.99 Å². The molecule has 4 rings (SSSR count). The van der Waals surface area contributed by atoms with Gasteiger partial charge in [0.1, 0.15) is 0 Å². The Labute approximate surface area is 214 Å². The van der Waals surface area contributed by atoms with Crippen LogP contribution in [0.2, 0.25) is 0 Å². The van der Waals surface area contributed by atoms with Gasteiger partial charge in [0, 0.05) is 51.9 Å². The zero-order chi connectivity index (χ0) is 22.3. The van der Waals surface area contributed by atoms with Gasteiger partial charge >= 0.3 is 0 Å². The highest BCUT2D eigenvalue weighted by Crippen LogP contribution is 2.24. The first kappa shape index (κ1) is 25.3. The fraction of sp³-hybridized carbons (Fsp3) is 0.462. The van der Waals surface area contributed by atoms with Crippen LogP contribution in [0.15, 0.2) is 53.5 Å². The van der Waals surface area contributed by atoms with Crippen molar-refractivity contribution in [1.82, 2.24) is 15.5 Å². The number of likely N-dealkylation sites (tertiary alicyclic amines) is 1. The smallest absolute Gasteiger partial charge is 0.222 e. The number of hydrogen-bond acceptors (Lipinski definition) is 3. The van der Waals surface area contributed by atoms with Crippen molar-refractivity contribution in [3.8, 4) is 0 Å². The highest BCUT2D eigenvalue weighted by atomic mass is 127. The minimum absolute atomic E-state index is 0. The van der Waals surface area contributed by atoms with Gasteiger partial charge in [-0.1, -0.05) is 36.4 Å². The second-order valence-electron chi connectivity index (χ2n) is 8.82. The molecule has 0 aromatic heterocycles. The van der Waals surface area contributed by atoms with Crippen molar-refractivity contribution < 1.29 is 4.79 Å². The molecule has 2 heterocycles. The third kappa shape index (κ3) is 6.85. The van der Waals surface area contributed by atoms with E-state index in [0.29, 0.717) is 19.5 Å². The molecule has 1 atom stereocenters. The molecule has 1 amide bonds. The average Bonchev–Trinajstić information content (AvgIpc) is 3.50. The lowest BCUT2D eigenvalue weighted by Crippen LogP contribution is -2.38. The molecule has 33 heavy (non-hydrogen) atoms. The molecule has 2 aliphatic heterocycles. The topological polar surface area (TPSA) is 60.0 Å². The number of carbonyl (C=O) groups excluding carboxylic acids is 1. The molecule has 0 radical (unpaired) electrons. The van der Waals surface area contributed by atoms with Gasteiger partial charge in [-0.25, -0.2) is 0 Å². The van der Waals surface area contributed by atoms with E-state index in [1.807, 2.05) is 4.90 Å². The van der Waals surface area contributed by atoms with Gasteiger partial charge < -0.3 is 20.4 Å². The molecule has 7 heteroatoms. The molecule has 2 fully saturated rings. The van der Waals surface area contributed by atoms with Gasteiger partial charge in [0.25, 0.3) is 0 Å². The Kier molecular flexibility index (Phi) is 9.41. The summed E-state index contributed by atoms with van der Waals surface area (Å²) >= 11 is 0. The minimum Gasteiger partial charge on any atom is -0.372 e. The standard InChI is InChI=1S/C26H35N5O.HI/c1-20(23-7-5-8-24(17-23)30-14-3-4-15-30)29-26(27-2)28-18-21-10-12-22(13-11-21)19-31-16-6-9-25(31)32;/h5,7-8,10-13,17,20H,3-4,6,9,14-16,18-19H2,1-2H3,(H2,27,28,29);1H. The number of nitrogens with zero attached hydrogens (tertiary/aromatic N) is 3. The molecule has 0 saturated carbocycles. The molecule has 2 saturated heterocycles. The summed E-state index contributed by atoms with van der Waals surface area (Å²) in [6, 6.07) is 17.5. The molecule has 2 aromatic carbocycles. The Bertz CT molecular complexity index is 940. The van der Waals surface area contributed by atoms with Crippen LogP contribution in [0.25, 0.3) is 0 Å². The number of rotatable bonds is 7. The lowest BCUT2D eigenvalue weighted by molar-refractivity contribution is -0.128. The van der Waals surface area contributed by atoms with Crippen molar-refractivity contribution in [1.29, 1.82) is 0 Å². The molecule has 6 nitrogen and oxygen atoms in total.